The van der Waals surface area contributed by atoms with Crippen molar-refractivity contribution in [1.29, 1.82) is 0 Å². The Morgan fingerprint density at radius 3 is 0.977 bits per heavy atom. The molecule has 9 nitrogen and oxygen atoms in total. The van der Waals surface area contributed by atoms with Gasteiger partial charge in [0, 0.05) is 0 Å². The number of carbonyl (C=O) groups is 3. The van der Waals surface area contributed by atoms with E-state index in [4.69, 9.17) is 9.05 Å². The van der Waals surface area contributed by atoms with E-state index >= 15 is 0 Å². The van der Waals surface area contributed by atoms with Crippen LogP contribution in [-0.2, 0) is 0 Å². The Kier molecular flexibility index (Phi) is 13.1. The standard InChI is InChI=1S/3C11H11NO2.Sb/c3*1-2-3-8-12-11(14)9-4-6-10(13)7-5-9;/h3*2-8,13H,1H2,(H,12,14);/q;;;+3/p-3. The number of amides is 3. The molecule has 0 saturated carbocycles. The fourth-order valence-corrected chi connectivity index (χ4v) is 5.98. The average Bonchev–Trinajstić information content (AvgIpc) is 3.02. The number of allylic oxidation sites excluding steroid dienone is 6. The summed E-state index contributed by atoms with van der Waals surface area (Å²) in [6, 6.07) is 19.6. The van der Waals surface area contributed by atoms with Gasteiger partial charge in [-0.3, -0.25) is 0 Å². The molecule has 0 aliphatic heterocycles. The van der Waals surface area contributed by atoms with Gasteiger partial charge in [-0.25, -0.2) is 0 Å². The number of nitrogens with one attached hydrogen (secondary N) is 3. The van der Waals surface area contributed by atoms with Crippen molar-refractivity contribution < 1.29 is 23.4 Å². The molecule has 218 valence electrons. The molecule has 0 unspecified atom stereocenters. The van der Waals surface area contributed by atoms with E-state index in [1.165, 1.54) is 18.6 Å². The number of hydrogen-bond donors (Lipinski definition) is 3. The molecule has 3 aromatic rings. The second kappa shape index (κ2) is 17.5. The summed E-state index contributed by atoms with van der Waals surface area (Å²) in [5.74, 6) is 0.456. The minimum absolute atomic E-state index is 0.289. The van der Waals surface area contributed by atoms with Crippen LogP contribution in [0.4, 0.5) is 0 Å². The Labute approximate surface area is 259 Å². The number of carbonyl (C=O) groups excluding carboxylic acids is 3. The number of rotatable bonds is 15. The van der Waals surface area contributed by atoms with Crippen LogP contribution >= 0.6 is 0 Å². The second-order valence-electron chi connectivity index (χ2n) is 8.28. The van der Waals surface area contributed by atoms with E-state index < -0.39 is 21.5 Å². The zero-order valence-corrected chi connectivity index (χ0v) is 25.7. The molecule has 3 aromatic carbocycles. The summed E-state index contributed by atoms with van der Waals surface area (Å²) in [6.45, 7) is 10.7. The van der Waals surface area contributed by atoms with Crippen molar-refractivity contribution >= 4 is 39.2 Å². The topological polar surface area (TPSA) is 115 Å². The Hall–Kier alpha value is -5.27. The monoisotopic (exact) mass is 685 g/mol. The zero-order valence-electron chi connectivity index (χ0n) is 23.1. The first-order valence-corrected chi connectivity index (χ1v) is 16.0. The molecule has 0 bridgehead atoms. The third kappa shape index (κ3) is 10.9. The minimum atomic E-state index is -3.51. The van der Waals surface area contributed by atoms with Crippen LogP contribution in [0, 0.1) is 0 Å². The summed E-state index contributed by atoms with van der Waals surface area (Å²) in [5, 5.41) is 7.91. The predicted octanol–water partition coefficient (Wildman–Crippen LogP) is 5.50. The number of benzene rings is 3. The Morgan fingerprint density at radius 1 is 0.488 bits per heavy atom. The summed E-state index contributed by atoms with van der Waals surface area (Å²) in [6.07, 6.45) is 14.0. The van der Waals surface area contributed by atoms with Gasteiger partial charge in [0.25, 0.3) is 0 Å². The quantitative estimate of drug-likeness (QED) is 0.144. The first-order valence-electron chi connectivity index (χ1n) is 12.8. The molecule has 0 aliphatic carbocycles. The van der Waals surface area contributed by atoms with Gasteiger partial charge in [-0.1, -0.05) is 0 Å². The van der Waals surface area contributed by atoms with E-state index in [1.54, 1.807) is 109 Å². The van der Waals surface area contributed by atoms with Crippen LogP contribution in [0.3, 0.4) is 0 Å². The summed E-state index contributed by atoms with van der Waals surface area (Å²) >= 11 is -3.51. The van der Waals surface area contributed by atoms with E-state index in [2.05, 4.69) is 35.7 Å². The zero-order chi connectivity index (χ0) is 30.9. The van der Waals surface area contributed by atoms with Gasteiger partial charge in [-0.15, -0.1) is 0 Å². The summed E-state index contributed by atoms with van der Waals surface area (Å²) in [7, 11) is 0. The Bertz CT molecular complexity index is 1330. The molecule has 3 amide bonds. The van der Waals surface area contributed by atoms with Gasteiger partial charge < -0.3 is 0 Å². The molecule has 0 spiro atoms. The van der Waals surface area contributed by atoms with Crippen LogP contribution in [0.2, 0.25) is 0 Å². The SMILES string of the molecule is C=CC=CNC(=O)c1ccc([O][Sb]([O]c2ccc(C(=O)NC=CC=C)cc2)[O]c2ccc(C(=O)NC=CC=C)cc2)cc1. The van der Waals surface area contributed by atoms with Crippen molar-refractivity contribution in [2.24, 2.45) is 0 Å². The van der Waals surface area contributed by atoms with Crippen LogP contribution in [0.15, 0.2) is 148 Å². The first kappa shape index (κ1) is 32.2. The maximum absolute atomic E-state index is 12.3. The normalized spacial score (nSPS) is 10.8. The second-order valence-corrected chi connectivity index (χ2v) is 11.1. The van der Waals surface area contributed by atoms with Crippen molar-refractivity contribution in [3.05, 3.63) is 164 Å². The summed E-state index contributed by atoms with van der Waals surface area (Å²) < 4.78 is 18.4. The van der Waals surface area contributed by atoms with E-state index in [-0.39, 0.29) is 17.7 Å². The maximum atomic E-state index is 12.3. The Morgan fingerprint density at radius 2 is 0.744 bits per heavy atom. The van der Waals surface area contributed by atoms with E-state index in [0.29, 0.717) is 33.9 Å². The molecule has 0 fully saturated rings. The van der Waals surface area contributed by atoms with Crippen LogP contribution < -0.4 is 25.0 Å². The van der Waals surface area contributed by atoms with Crippen LogP contribution in [-0.4, -0.2) is 39.2 Å². The molecule has 0 aliphatic rings. The van der Waals surface area contributed by atoms with Gasteiger partial charge in [-0.2, -0.15) is 0 Å². The van der Waals surface area contributed by atoms with Gasteiger partial charge in [0.15, 0.2) is 0 Å². The molecule has 0 atom stereocenters. The van der Waals surface area contributed by atoms with Crippen LogP contribution in [0.5, 0.6) is 17.2 Å². The first-order chi connectivity index (χ1) is 20.9. The van der Waals surface area contributed by atoms with Gasteiger partial charge in [0.05, 0.1) is 0 Å². The van der Waals surface area contributed by atoms with Crippen LogP contribution in [0.1, 0.15) is 31.1 Å². The molecule has 3 N–H and O–H groups in total. The molecular formula is C33H30N3O6Sb. The van der Waals surface area contributed by atoms with E-state index in [1.807, 2.05) is 0 Å². The van der Waals surface area contributed by atoms with E-state index in [9.17, 15) is 14.4 Å². The van der Waals surface area contributed by atoms with Gasteiger partial charge in [0.2, 0.25) is 0 Å². The molecule has 0 aromatic heterocycles. The van der Waals surface area contributed by atoms with Crippen molar-refractivity contribution in [3.8, 4) is 17.2 Å². The third-order valence-electron chi connectivity index (χ3n) is 5.23. The van der Waals surface area contributed by atoms with Crippen molar-refractivity contribution in [2.75, 3.05) is 0 Å². The summed E-state index contributed by atoms with van der Waals surface area (Å²) in [5.41, 5.74) is 1.29. The van der Waals surface area contributed by atoms with Gasteiger partial charge in [-0.05, 0) is 0 Å². The van der Waals surface area contributed by atoms with Crippen molar-refractivity contribution in [1.82, 2.24) is 16.0 Å². The molecule has 0 radical (unpaired) electrons. The molecular weight excluding hydrogens is 656 g/mol. The molecule has 0 heterocycles. The number of hydrogen-bond acceptors (Lipinski definition) is 6. The fourth-order valence-electron chi connectivity index (χ4n) is 3.14. The van der Waals surface area contributed by atoms with Gasteiger partial charge in [0.1, 0.15) is 0 Å². The molecule has 3 rings (SSSR count). The third-order valence-corrected chi connectivity index (χ3v) is 8.31. The van der Waals surface area contributed by atoms with Crippen LogP contribution in [0.25, 0.3) is 0 Å². The van der Waals surface area contributed by atoms with Crippen molar-refractivity contribution in [3.63, 3.8) is 0 Å². The molecule has 43 heavy (non-hydrogen) atoms. The molecule has 0 saturated heterocycles. The molecule has 10 heteroatoms. The Balaban J connectivity index is 1.76. The van der Waals surface area contributed by atoms with Gasteiger partial charge >= 0.3 is 260 Å². The fraction of sp³-hybridized carbons (Fsp3) is 0. The predicted molar refractivity (Wildman–Crippen MR) is 167 cm³/mol. The van der Waals surface area contributed by atoms with Crippen molar-refractivity contribution in [2.45, 2.75) is 0 Å². The summed E-state index contributed by atoms with van der Waals surface area (Å²) in [4.78, 5) is 36.9. The average molecular weight is 686 g/mol. The van der Waals surface area contributed by atoms with E-state index in [0.717, 1.165) is 0 Å².